The van der Waals surface area contributed by atoms with Gasteiger partial charge in [0.15, 0.2) is 9.76 Å². The summed E-state index contributed by atoms with van der Waals surface area (Å²) in [4.78, 5) is 0. The van der Waals surface area contributed by atoms with Crippen LogP contribution in [-0.4, -0.2) is 9.76 Å². The topological polar surface area (TPSA) is 9.23 Å². The molecule has 0 amide bonds. The summed E-state index contributed by atoms with van der Waals surface area (Å²) >= 11 is 0. The van der Waals surface area contributed by atoms with Crippen molar-refractivity contribution in [3.63, 3.8) is 0 Å². The van der Waals surface area contributed by atoms with Crippen LogP contribution in [0.5, 0.6) is 0 Å². The van der Waals surface area contributed by atoms with E-state index in [0.29, 0.717) is 0 Å². The van der Waals surface area contributed by atoms with Crippen molar-refractivity contribution >= 4 is 9.76 Å². The van der Waals surface area contributed by atoms with Crippen LogP contribution in [0.4, 0.5) is 0 Å². The molecule has 0 N–H and O–H groups in total. The molecule has 0 unspecified atom stereocenters. The monoisotopic (exact) mass is 180 g/mol. The molecule has 0 saturated heterocycles. The van der Waals surface area contributed by atoms with Gasteiger partial charge in [-0.15, -0.1) is 0 Å². The lowest BCUT2D eigenvalue weighted by Gasteiger charge is -2.05. The molecule has 1 aromatic carbocycles. The first-order valence-corrected chi connectivity index (χ1v) is 5.80. The zero-order valence-electron chi connectivity index (χ0n) is 7.79. The first-order chi connectivity index (χ1) is 5.79. The molecule has 2 heteroatoms. The van der Waals surface area contributed by atoms with Crippen LogP contribution in [0.25, 0.3) is 0 Å². The molecule has 0 saturated carbocycles. The van der Waals surface area contributed by atoms with Crippen molar-refractivity contribution < 1.29 is 4.43 Å². The molecule has 0 aromatic heterocycles. The maximum absolute atomic E-state index is 5.62. The third-order valence-electron chi connectivity index (χ3n) is 1.56. The van der Waals surface area contributed by atoms with Crippen molar-refractivity contribution in [3.05, 3.63) is 35.9 Å². The van der Waals surface area contributed by atoms with Crippen molar-refractivity contribution in [3.8, 4) is 0 Å². The van der Waals surface area contributed by atoms with Crippen LogP contribution in [-0.2, 0) is 11.0 Å². The summed E-state index contributed by atoms with van der Waals surface area (Å²) in [5.74, 6) is 0. The highest BCUT2D eigenvalue weighted by Gasteiger charge is 1.95. The minimum atomic E-state index is -0.298. The third kappa shape index (κ3) is 3.69. The molecular formula is C10H16OSi. The molecule has 0 aliphatic heterocycles. The predicted octanol–water partition coefficient (Wildman–Crippen LogP) is 2.12. The van der Waals surface area contributed by atoms with Gasteiger partial charge in [-0.05, 0) is 11.1 Å². The van der Waals surface area contributed by atoms with Gasteiger partial charge in [-0.3, -0.25) is 0 Å². The van der Waals surface area contributed by atoms with E-state index in [1.807, 2.05) is 6.07 Å². The van der Waals surface area contributed by atoms with E-state index >= 15 is 0 Å². The molecule has 12 heavy (non-hydrogen) atoms. The fourth-order valence-electron chi connectivity index (χ4n) is 0.987. The van der Waals surface area contributed by atoms with Gasteiger partial charge in [0.05, 0.1) is 6.61 Å². The van der Waals surface area contributed by atoms with Crippen LogP contribution in [0.1, 0.15) is 19.4 Å². The van der Waals surface area contributed by atoms with Gasteiger partial charge in [-0.1, -0.05) is 44.2 Å². The van der Waals surface area contributed by atoms with Gasteiger partial charge in [-0.2, -0.15) is 0 Å². The van der Waals surface area contributed by atoms with Gasteiger partial charge in [0.2, 0.25) is 0 Å². The van der Waals surface area contributed by atoms with Gasteiger partial charge in [-0.25, -0.2) is 0 Å². The summed E-state index contributed by atoms with van der Waals surface area (Å²) in [6, 6.07) is 10.3. The molecule has 0 bridgehead atoms. The zero-order valence-corrected chi connectivity index (χ0v) is 9.20. The van der Waals surface area contributed by atoms with E-state index in [1.54, 1.807) is 0 Å². The summed E-state index contributed by atoms with van der Waals surface area (Å²) in [5.41, 5.74) is 2.04. The van der Waals surface area contributed by atoms with Crippen LogP contribution in [0.15, 0.2) is 30.3 Å². The minimum absolute atomic E-state index is 0.298. The van der Waals surface area contributed by atoms with Crippen LogP contribution in [0.2, 0.25) is 5.54 Å². The number of hydrogen-bond acceptors (Lipinski definition) is 1. The Balaban J connectivity index is 2.25. The average Bonchev–Trinajstić information content (AvgIpc) is 2.05. The van der Waals surface area contributed by atoms with Gasteiger partial charge < -0.3 is 4.43 Å². The molecule has 66 valence electrons. The Hall–Kier alpha value is -0.603. The van der Waals surface area contributed by atoms with Crippen molar-refractivity contribution in [2.75, 3.05) is 0 Å². The number of benzene rings is 1. The van der Waals surface area contributed by atoms with E-state index in [9.17, 15) is 0 Å². The zero-order chi connectivity index (χ0) is 8.81. The van der Waals surface area contributed by atoms with Crippen LogP contribution in [0.3, 0.4) is 0 Å². The summed E-state index contributed by atoms with van der Waals surface area (Å²) in [5, 5.41) is 0. The lowest BCUT2D eigenvalue weighted by molar-refractivity contribution is 0.319. The molecule has 0 heterocycles. The van der Waals surface area contributed by atoms with Crippen molar-refractivity contribution in [1.29, 1.82) is 0 Å². The molecule has 1 nitrogen and oxygen atoms in total. The highest BCUT2D eigenvalue weighted by Crippen LogP contribution is 2.03. The SMILES string of the molecule is CC(C)[SiH2]OCc1ccccc1. The Bertz CT molecular complexity index is 208. The molecule has 1 rings (SSSR count). The molecule has 0 spiro atoms. The fourth-order valence-corrected chi connectivity index (χ4v) is 1.81. The number of rotatable bonds is 4. The Morgan fingerprint density at radius 2 is 1.92 bits per heavy atom. The maximum atomic E-state index is 5.62. The standard InChI is InChI=1S/C10H16OSi/c1-9(2)12-11-8-10-6-4-3-5-7-10/h3-7,9H,8,12H2,1-2H3. The van der Waals surface area contributed by atoms with Crippen LogP contribution in [0, 0.1) is 0 Å². The van der Waals surface area contributed by atoms with Gasteiger partial charge >= 0.3 is 0 Å². The van der Waals surface area contributed by atoms with E-state index in [0.717, 1.165) is 12.1 Å². The molecule has 0 atom stereocenters. The molecule has 0 radical (unpaired) electrons. The van der Waals surface area contributed by atoms with E-state index in [1.165, 1.54) is 5.56 Å². The smallest absolute Gasteiger partial charge is 0.164 e. The molecule has 0 aliphatic rings. The maximum Gasteiger partial charge on any atom is 0.164 e. The molecule has 1 aromatic rings. The summed E-state index contributed by atoms with van der Waals surface area (Å²) in [6.45, 7) is 5.24. The second-order valence-electron chi connectivity index (χ2n) is 3.39. The molecular weight excluding hydrogens is 164 g/mol. The van der Waals surface area contributed by atoms with Crippen molar-refractivity contribution in [2.45, 2.75) is 26.0 Å². The lowest BCUT2D eigenvalue weighted by Crippen LogP contribution is -2.02. The van der Waals surface area contributed by atoms with Gasteiger partial charge in [0, 0.05) is 0 Å². The van der Waals surface area contributed by atoms with E-state index < -0.39 is 0 Å². The largest absolute Gasteiger partial charge is 0.419 e. The second-order valence-corrected chi connectivity index (χ2v) is 5.77. The predicted molar refractivity (Wildman–Crippen MR) is 54.9 cm³/mol. The Morgan fingerprint density at radius 1 is 1.25 bits per heavy atom. The average molecular weight is 180 g/mol. The Labute approximate surface area is 76.7 Å². The molecule has 0 aliphatic carbocycles. The third-order valence-corrected chi connectivity index (χ3v) is 2.67. The van der Waals surface area contributed by atoms with Crippen molar-refractivity contribution in [1.82, 2.24) is 0 Å². The van der Waals surface area contributed by atoms with E-state index in [2.05, 4.69) is 38.1 Å². The van der Waals surface area contributed by atoms with Crippen molar-refractivity contribution in [2.24, 2.45) is 0 Å². The fraction of sp³-hybridized carbons (Fsp3) is 0.400. The van der Waals surface area contributed by atoms with Crippen LogP contribution < -0.4 is 0 Å². The highest BCUT2D eigenvalue weighted by atomic mass is 28.2. The Kier molecular flexibility index (Phi) is 4.04. The van der Waals surface area contributed by atoms with Crippen LogP contribution >= 0.6 is 0 Å². The summed E-state index contributed by atoms with van der Waals surface area (Å²) in [6.07, 6.45) is 0. The summed E-state index contributed by atoms with van der Waals surface area (Å²) < 4.78 is 5.62. The molecule has 0 fully saturated rings. The quantitative estimate of drug-likeness (QED) is 0.645. The lowest BCUT2D eigenvalue weighted by atomic mass is 10.2. The summed E-state index contributed by atoms with van der Waals surface area (Å²) in [7, 11) is -0.298. The van der Waals surface area contributed by atoms with E-state index in [-0.39, 0.29) is 9.76 Å². The minimum Gasteiger partial charge on any atom is -0.419 e. The van der Waals surface area contributed by atoms with Gasteiger partial charge in [0.1, 0.15) is 0 Å². The first kappa shape index (κ1) is 9.48. The number of hydrogen-bond donors (Lipinski definition) is 0. The highest BCUT2D eigenvalue weighted by molar-refractivity contribution is 6.29. The normalized spacial score (nSPS) is 11.6. The first-order valence-electron chi connectivity index (χ1n) is 4.40. The van der Waals surface area contributed by atoms with Gasteiger partial charge in [0.25, 0.3) is 0 Å². The van der Waals surface area contributed by atoms with E-state index in [4.69, 9.17) is 4.43 Å². The second kappa shape index (κ2) is 5.12. The Morgan fingerprint density at radius 3 is 2.50 bits per heavy atom.